The minimum atomic E-state index is -0.194. The van der Waals surface area contributed by atoms with E-state index >= 15 is 0 Å². The largest absolute Gasteiger partial charge is 0.493 e. The average Bonchev–Trinajstić information content (AvgIpc) is 3.19. The molecule has 2 aromatic rings. The van der Waals surface area contributed by atoms with Gasteiger partial charge >= 0.3 is 0 Å². The molecule has 1 saturated heterocycles. The Morgan fingerprint density at radius 2 is 1.93 bits per heavy atom. The first-order valence-electron chi connectivity index (χ1n) is 9.84. The average molecular weight is 420 g/mol. The molecule has 0 bridgehead atoms. The van der Waals surface area contributed by atoms with Crippen LogP contribution in [0.2, 0.25) is 0 Å². The zero-order valence-electron chi connectivity index (χ0n) is 16.4. The summed E-state index contributed by atoms with van der Waals surface area (Å²) in [4.78, 5) is 2.47. The van der Waals surface area contributed by atoms with Gasteiger partial charge in [-0.05, 0) is 55.1 Å². The van der Waals surface area contributed by atoms with Crippen LogP contribution in [0.15, 0.2) is 55.1 Å². The normalized spacial score (nSPS) is 20.7. The van der Waals surface area contributed by atoms with Crippen LogP contribution in [0.1, 0.15) is 24.3 Å². The Labute approximate surface area is 177 Å². The van der Waals surface area contributed by atoms with Crippen LogP contribution < -0.4 is 14.2 Å². The van der Waals surface area contributed by atoms with E-state index in [1.54, 1.807) is 12.1 Å². The van der Waals surface area contributed by atoms with E-state index < -0.39 is 0 Å². The van der Waals surface area contributed by atoms with Crippen LogP contribution >= 0.6 is 12.4 Å². The number of benzene rings is 2. The predicted molar refractivity (Wildman–Crippen MR) is 114 cm³/mol. The molecule has 0 N–H and O–H groups in total. The lowest BCUT2D eigenvalue weighted by atomic mass is 9.81. The summed E-state index contributed by atoms with van der Waals surface area (Å²) in [6.07, 6.45) is 3.99. The van der Waals surface area contributed by atoms with Crippen molar-refractivity contribution < 1.29 is 18.6 Å². The molecule has 156 valence electrons. The van der Waals surface area contributed by atoms with Gasteiger partial charge in [-0.2, -0.15) is 0 Å². The maximum absolute atomic E-state index is 13.4. The van der Waals surface area contributed by atoms with Gasteiger partial charge in [-0.25, -0.2) is 4.39 Å². The van der Waals surface area contributed by atoms with Crippen molar-refractivity contribution in [1.82, 2.24) is 4.90 Å². The van der Waals surface area contributed by atoms with Gasteiger partial charge in [0.05, 0.1) is 6.61 Å². The van der Waals surface area contributed by atoms with Crippen molar-refractivity contribution in [2.24, 2.45) is 5.92 Å². The molecule has 0 saturated carbocycles. The maximum atomic E-state index is 13.4. The van der Waals surface area contributed by atoms with Crippen molar-refractivity contribution in [2.45, 2.75) is 18.8 Å². The smallest absolute Gasteiger partial charge is 0.231 e. The molecule has 2 aliphatic rings. The van der Waals surface area contributed by atoms with Crippen LogP contribution in [0.25, 0.3) is 0 Å². The zero-order valence-corrected chi connectivity index (χ0v) is 17.2. The van der Waals surface area contributed by atoms with Crippen LogP contribution in [-0.4, -0.2) is 37.9 Å². The number of hydrogen-bond donors (Lipinski definition) is 0. The van der Waals surface area contributed by atoms with E-state index in [0.717, 1.165) is 49.7 Å². The van der Waals surface area contributed by atoms with Gasteiger partial charge < -0.3 is 19.1 Å². The van der Waals surface area contributed by atoms with E-state index in [0.29, 0.717) is 18.4 Å². The first-order chi connectivity index (χ1) is 13.7. The number of halogens is 2. The molecule has 0 aliphatic carbocycles. The van der Waals surface area contributed by atoms with Crippen molar-refractivity contribution in [3.05, 3.63) is 66.5 Å². The topological polar surface area (TPSA) is 30.9 Å². The number of likely N-dealkylation sites (tertiary alicyclic amines) is 1. The summed E-state index contributed by atoms with van der Waals surface area (Å²) in [6.45, 7) is 7.70. The van der Waals surface area contributed by atoms with E-state index in [2.05, 4.69) is 11.5 Å². The molecule has 0 spiro atoms. The van der Waals surface area contributed by atoms with Crippen molar-refractivity contribution >= 4 is 12.4 Å². The predicted octanol–water partition coefficient (Wildman–Crippen LogP) is 5.04. The molecule has 2 aliphatic heterocycles. The first kappa shape index (κ1) is 21.5. The monoisotopic (exact) mass is 419 g/mol. The number of piperidine rings is 1. The minimum Gasteiger partial charge on any atom is -0.493 e. The lowest BCUT2D eigenvalue weighted by Crippen LogP contribution is -2.42. The second-order valence-corrected chi connectivity index (χ2v) is 7.41. The number of hydrogen-bond acceptors (Lipinski definition) is 4. The SMILES string of the molecule is C=CCCN1CC[C@@H](c2ccc(F)cc2)[C@H](COc2ccc3c(c2)OCO3)C1.Cl. The summed E-state index contributed by atoms with van der Waals surface area (Å²) in [6, 6.07) is 12.6. The molecular formula is C23H27ClFNO3. The van der Waals surface area contributed by atoms with Gasteiger partial charge in [-0.15, -0.1) is 19.0 Å². The summed E-state index contributed by atoms with van der Waals surface area (Å²) in [5.41, 5.74) is 1.18. The molecule has 2 aromatic carbocycles. The summed E-state index contributed by atoms with van der Waals surface area (Å²) in [5.74, 6) is 2.75. The van der Waals surface area contributed by atoms with E-state index in [1.165, 1.54) is 5.56 Å². The highest BCUT2D eigenvalue weighted by molar-refractivity contribution is 5.85. The van der Waals surface area contributed by atoms with Crippen molar-refractivity contribution in [1.29, 1.82) is 0 Å². The van der Waals surface area contributed by atoms with Gasteiger partial charge in [0.15, 0.2) is 11.5 Å². The lowest BCUT2D eigenvalue weighted by Gasteiger charge is -2.38. The highest BCUT2D eigenvalue weighted by atomic mass is 35.5. The molecular weight excluding hydrogens is 393 g/mol. The first-order valence-corrected chi connectivity index (χ1v) is 9.84. The molecule has 0 radical (unpaired) electrons. The minimum absolute atomic E-state index is 0. The van der Waals surface area contributed by atoms with Crippen LogP contribution in [0.3, 0.4) is 0 Å². The molecule has 0 amide bonds. The summed E-state index contributed by atoms with van der Waals surface area (Å²) >= 11 is 0. The Balaban J connectivity index is 0.00000240. The molecule has 0 aromatic heterocycles. The zero-order chi connectivity index (χ0) is 19.3. The third kappa shape index (κ3) is 5.22. The van der Waals surface area contributed by atoms with Gasteiger partial charge in [0.25, 0.3) is 0 Å². The second kappa shape index (κ2) is 9.99. The fourth-order valence-corrected chi connectivity index (χ4v) is 4.07. The van der Waals surface area contributed by atoms with E-state index in [9.17, 15) is 4.39 Å². The summed E-state index contributed by atoms with van der Waals surface area (Å²) in [5, 5.41) is 0. The molecule has 4 rings (SSSR count). The second-order valence-electron chi connectivity index (χ2n) is 7.41. The summed E-state index contributed by atoms with van der Waals surface area (Å²) in [7, 11) is 0. The van der Waals surface area contributed by atoms with Crippen LogP contribution in [0, 0.1) is 11.7 Å². The van der Waals surface area contributed by atoms with Gasteiger partial charge in [0.1, 0.15) is 11.6 Å². The standard InChI is InChI=1S/C23H26FNO3.ClH/c1-2-3-11-25-12-10-21(17-4-6-19(24)7-5-17)18(14-25)15-26-20-8-9-22-23(13-20)28-16-27-22;/h2,4-9,13,18,21H,1,3,10-12,14-16H2;1H/t18-,21-;/m0./s1. The van der Waals surface area contributed by atoms with Gasteiger partial charge in [0.2, 0.25) is 6.79 Å². The number of fused-ring (bicyclic) bond motifs is 1. The van der Waals surface area contributed by atoms with Crippen molar-refractivity contribution in [2.75, 3.05) is 33.0 Å². The molecule has 1 fully saturated rings. The van der Waals surface area contributed by atoms with Crippen molar-refractivity contribution in [3.63, 3.8) is 0 Å². The Kier molecular flexibility index (Phi) is 7.40. The highest BCUT2D eigenvalue weighted by Gasteiger charge is 2.31. The van der Waals surface area contributed by atoms with E-state index in [-0.39, 0.29) is 25.0 Å². The molecule has 2 atom stereocenters. The molecule has 2 heterocycles. The quantitative estimate of drug-likeness (QED) is 0.588. The van der Waals surface area contributed by atoms with Gasteiger partial charge in [-0.1, -0.05) is 18.2 Å². The number of nitrogens with zero attached hydrogens (tertiary/aromatic N) is 1. The third-order valence-corrected chi connectivity index (χ3v) is 5.57. The van der Waals surface area contributed by atoms with Crippen LogP contribution in [0.4, 0.5) is 4.39 Å². The van der Waals surface area contributed by atoms with E-state index in [4.69, 9.17) is 14.2 Å². The molecule has 4 nitrogen and oxygen atoms in total. The Bertz CT molecular complexity index is 814. The Morgan fingerprint density at radius 3 is 2.72 bits per heavy atom. The molecule has 0 unspecified atom stereocenters. The Hall–Kier alpha value is -2.24. The van der Waals surface area contributed by atoms with Crippen LogP contribution in [0.5, 0.6) is 17.2 Å². The van der Waals surface area contributed by atoms with Gasteiger partial charge in [0, 0.05) is 25.1 Å². The maximum Gasteiger partial charge on any atom is 0.231 e. The molecule has 29 heavy (non-hydrogen) atoms. The van der Waals surface area contributed by atoms with Gasteiger partial charge in [-0.3, -0.25) is 0 Å². The Morgan fingerprint density at radius 1 is 1.14 bits per heavy atom. The lowest BCUT2D eigenvalue weighted by molar-refractivity contribution is 0.112. The van der Waals surface area contributed by atoms with E-state index in [1.807, 2.05) is 36.4 Å². The number of rotatable bonds is 7. The fourth-order valence-electron chi connectivity index (χ4n) is 4.07. The number of ether oxygens (including phenoxy) is 3. The third-order valence-electron chi connectivity index (χ3n) is 5.57. The molecule has 6 heteroatoms. The van der Waals surface area contributed by atoms with Crippen LogP contribution in [-0.2, 0) is 0 Å². The van der Waals surface area contributed by atoms with Crippen molar-refractivity contribution in [3.8, 4) is 17.2 Å². The fraction of sp³-hybridized carbons (Fsp3) is 0.391. The highest BCUT2D eigenvalue weighted by Crippen LogP contribution is 2.37. The summed E-state index contributed by atoms with van der Waals surface area (Å²) < 4.78 is 30.3.